The first-order chi connectivity index (χ1) is 60.8. The second-order valence-electron chi connectivity index (χ2n) is 31.0. The van der Waals surface area contributed by atoms with Crippen molar-refractivity contribution in [1.82, 2.24) is 73.6 Å². The number of carbonyl (C=O) groups excluding carboxylic acids is 19. The van der Waals surface area contributed by atoms with Crippen LogP contribution in [0.4, 0.5) is 0 Å². The van der Waals surface area contributed by atoms with Gasteiger partial charge in [0.1, 0.15) is 23.1 Å². The monoisotopic (exact) mass is 1830 g/mol. The average molecular weight is 1830 g/mol. The molecule has 38 heteroatoms. The third-order valence-electron chi connectivity index (χ3n) is 19.8. The molecule has 0 unspecified atom stereocenters. The van der Waals surface area contributed by atoms with Crippen LogP contribution in [0.2, 0.25) is 0 Å². The molecule has 0 atom stereocenters. The van der Waals surface area contributed by atoms with E-state index < -0.39 is 17.2 Å². The molecule has 14 amide bonds. The summed E-state index contributed by atoms with van der Waals surface area (Å²) < 4.78 is 22.8. The van der Waals surface area contributed by atoms with E-state index in [2.05, 4.69) is 63.8 Å². The van der Waals surface area contributed by atoms with E-state index in [1.807, 2.05) is 6.92 Å². The van der Waals surface area contributed by atoms with Crippen LogP contribution in [0.1, 0.15) is 291 Å². The van der Waals surface area contributed by atoms with Gasteiger partial charge in [0, 0.05) is 205 Å². The van der Waals surface area contributed by atoms with Gasteiger partial charge in [-0.3, -0.25) is 96.0 Å². The number of hydrogen-bond acceptors (Lipinski definition) is 24. The second-order valence-corrected chi connectivity index (χ2v) is 31.0. The third-order valence-corrected chi connectivity index (χ3v) is 19.8. The summed E-state index contributed by atoms with van der Waals surface area (Å²) in [4.78, 5) is 226. The highest BCUT2D eigenvalue weighted by Crippen LogP contribution is 2.22. The van der Waals surface area contributed by atoms with Crippen molar-refractivity contribution in [2.75, 3.05) is 169 Å². The number of nitrogens with one attached hydrogen (secondary N) is 12. The standard InChI is InChI=1S/C29H51N5O7.C28H52N6O6.C21H39N3O8.C11H21NO2.CH4/c1-30-25(37)15-8-5-4-7-14-24(36)21-34(22-28(40)33-20-12-6-9-16-26(38)31-2)29(41)19-18-23(35)13-10-11-17-27(39)32-3;1-29-24(36)15-9-5-4-8-14-23(35)20-34(21-27(39)32-18-12-6-10-16-25(37)30-2)22-28(40)33-19-13-7-11-17-26(38)31-3;1-4-17(25)5-9-29-13-21(14-30-10-6-18(22)26,15-31-11-7-19(27)23-2)16-32-12-8-20(28)24-3;1-3-10(13)8-6-4-5-7-9-11(14)12-2;/h4-22H2,1-3H3,(H,30,37)(H,31,38)(H,32,39)(H,33,40);4-22H2,1-3H3,(H,29,36)(H,30,37)(H,31,38)(H,32,39)(H,33,40);4-16H2,1-3H3,(H2,22,26)(H,23,27)(H,24,28);3-9H2,1-2H3,(H,12,14);1H4. The molecule has 0 heterocycles. The fourth-order valence-corrected chi connectivity index (χ4v) is 11.8. The molecule has 0 spiro atoms. The van der Waals surface area contributed by atoms with Crippen molar-refractivity contribution in [1.29, 1.82) is 0 Å². The molecule has 0 aromatic rings. The number of ketones is 5. The van der Waals surface area contributed by atoms with Crippen molar-refractivity contribution in [3.05, 3.63) is 0 Å². The molecule has 0 radical (unpaired) electrons. The Morgan fingerprint density at radius 2 is 0.484 bits per heavy atom. The summed E-state index contributed by atoms with van der Waals surface area (Å²) >= 11 is 0. The van der Waals surface area contributed by atoms with Crippen molar-refractivity contribution in [3.63, 3.8) is 0 Å². The Bertz CT molecular complexity index is 2910. The van der Waals surface area contributed by atoms with Crippen LogP contribution < -0.4 is 69.5 Å². The zero-order valence-corrected chi connectivity index (χ0v) is 78.9. The molecular weight excluding hydrogens is 1660 g/mol. The largest absolute Gasteiger partial charge is 0.380 e. The minimum atomic E-state index is -0.766. The van der Waals surface area contributed by atoms with Crippen molar-refractivity contribution in [2.24, 2.45) is 11.1 Å². The molecule has 0 saturated carbocycles. The van der Waals surface area contributed by atoms with Crippen LogP contribution in [0.3, 0.4) is 0 Å². The molecule has 14 N–H and O–H groups in total. The zero-order chi connectivity index (χ0) is 96.0. The zero-order valence-electron chi connectivity index (χ0n) is 78.9. The third kappa shape index (κ3) is 86.1. The van der Waals surface area contributed by atoms with Gasteiger partial charge in [-0.1, -0.05) is 79.1 Å². The Kier molecular flexibility index (Phi) is 89.2. The maximum atomic E-state index is 12.9. The highest BCUT2D eigenvalue weighted by atomic mass is 16.5. The minimum absolute atomic E-state index is 0. The van der Waals surface area contributed by atoms with Gasteiger partial charge in [-0.2, -0.15) is 0 Å². The minimum Gasteiger partial charge on any atom is -0.380 e. The van der Waals surface area contributed by atoms with Crippen LogP contribution in [0, 0.1) is 5.41 Å². The number of amides is 14. The number of unbranched alkanes of at least 4 members (excludes halogenated alkanes) is 16. The van der Waals surface area contributed by atoms with Gasteiger partial charge in [0.2, 0.25) is 82.7 Å². The van der Waals surface area contributed by atoms with Crippen LogP contribution in [-0.2, 0) is 110 Å². The van der Waals surface area contributed by atoms with E-state index in [-0.39, 0.29) is 232 Å². The second kappa shape index (κ2) is 89.7. The molecule has 0 aliphatic rings. The smallest absolute Gasteiger partial charge is 0.239 e. The summed E-state index contributed by atoms with van der Waals surface area (Å²) in [7, 11) is 14.3. The van der Waals surface area contributed by atoms with Crippen molar-refractivity contribution in [3.8, 4) is 0 Å². The fourth-order valence-electron chi connectivity index (χ4n) is 11.8. The molecule has 0 bridgehead atoms. The molecule has 38 nitrogen and oxygen atoms in total. The van der Waals surface area contributed by atoms with Crippen molar-refractivity contribution < 1.29 is 110 Å². The molecule has 740 valence electrons. The van der Waals surface area contributed by atoms with Crippen LogP contribution in [0.25, 0.3) is 0 Å². The van der Waals surface area contributed by atoms with Gasteiger partial charge in [-0.15, -0.1) is 0 Å². The van der Waals surface area contributed by atoms with E-state index in [0.717, 1.165) is 109 Å². The lowest BCUT2D eigenvalue weighted by molar-refractivity contribution is -0.139. The van der Waals surface area contributed by atoms with Crippen molar-refractivity contribution >= 4 is 112 Å². The number of ether oxygens (including phenoxy) is 4. The first kappa shape index (κ1) is 127. The summed E-state index contributed by atoms with van der Waals surface area (Å²) in [6.07, 6.45) is 24.6. The van der Waals surface area contributed by atoms with Gasteiger partial charge in [0.05, 0.1) is 91.0 Å². The summed E-state index contributed by atoms with van der Waals surface area (Å²) in [6.45, 7) is 5.81. The lowest BCUT2D eigenvalue weighted by Gasteiger charge is -2.33. The Labute approximate surface area is 762 Å². The predicted molar refractivity (Wildman–Crippen MR) is 491 cm³/mol. The first-order valence-corrected chi connectivity index (χ1v) is 45.7. The Balaban J connectivity index is -0.000000549. The van der Waals surface area contributed by atoms with E-state index >= 15 is 0 Å². The Morgan fingerprint density at radius 1 is 0.242 bits per heavy atom. The van der Waals surface area contributed by atoms with Gasteiger partial charge in [0.25, 0.3) is 0 Å². The molecule has 0 saturated heterocycles. The number of carbonyl (C=O) groups is 19. The number of rotatable bonds is 79. The van der Waals surface area contributed by atoms with Crippen LogP contribution in [0.5, 0.6) is 0 Å². The quantitative estimate of drug-likeness (QED) is 0.0370. The summed E-state index contributed by atoms with van der Waals surface area (Å²) in [5.41, 5.74) is 4.40. The summed E-state index contributed by atoms with van der Waals surface area (Å²) in [5.74, 6) is -1.96. The summed E-state index contributed by atoms with van der Waals surface area (Å²) in [5, 5.41) is 31.5. The number of hydrogen-bond donors (Lipinski definition) is 13. The summed E-state index contributed by atoms with van der Waals surface area (Å²) in [6, 6.07) is 0. The van der Waals surface area contributed by atoms with E-state index in [0.29, 0.717) is 141 Å². The number of nitrogens with two attached hydrogens (primary N) is 1. The fraction of sp³-hybridized carbons (Fsp3) is 0.789. The normalized spacial score (nSPS) is 10.5. The predicted octanol–water partition coefficient (Wildman–Crippen LogP) is 4.58. The molecule has 0 aromatic heterocycles. The van der Waals surface area contributed by atoms with Crippen molar-refractivity contribution in [2.45, 2.75) is 291 Å². The first-order valence-electron chi connectivity index (χ1n) is 45.7. The van der Waals surface area contributed by atoms with Gasteiger partial charge in [0.15, 0.2) is 5.78 Å². The van der Waals surface area contributed by atoms with Crippen LogP contribution in [-0.4, -0.2) is 290 Å². The van der Waals surface area contributed by atoms with Crippen LogP contribution in [0.15, 0.2) is 0 Å². The lowest BCUT2D eigenvalue weighted by Crippen LogP contribution is -2.45. The molecule has 128 heavy (non-hydrogen) atoms. The molecule has 0 aliphatic carbocycles. The highest BCUT2D eigenvalue weighted by molar-refractivity contribution is 5.92. The number of primary amides is 1. The molecular formula is C90H167N15O23. The average Bonchev–Trinajstić information content (AvgIpc) is 0.865. The Morgan fingerprint density at radius 3 is 0.797 bits per heavy atom. The SMILES string of the molecule is C.CCC(=O)CCCCCCC(=O)NC.CCC(=O)CCOCC(COCCC(N)=O)(COCCC(=O)NC)COCCC(=O)NC.CNC(=O)CCCCCCC(=O)CN(CC(=O)NCCCCCC(=O)NC)C(=O)CCC(=O)CCCCC(=O)NC.CNC(=O)CCCCCCC(=O)CN(CC(=O)NCCCCCC(=O)NC)CC(=O)NCCCCCC(=O)NC. The van der Waals surface area contributed by atoms with Crippen LogP contribution >= 0.6 is 0 Å². The van der Waals surface area contributed by atoms with Gasteiger partial charge >= 0.3 is 0 Å². The number of nitrogens with zero attached hydrogens (tertiary/aromatic N) is 2. The lowest BCUT2D eigenvalue weighted by atomic mass is 9.92. The maximum Gasteiger partial charge on any atom is 0.239 e. The van der Waals surface area contributed by atoms with E-state index in [1.165, 1.54) is 4.90 Å². The molecule has 0 aliphatic heterocycles. The van der Waals surface area contributed by atoms with E-state index in [4.69, 9.17) is 24.7 Å². The van der Waals surface area contributed by atoms with Gasteiger partial charge < -0.3 is 93.4 Å². The van der Waals surface area contributed by atoms with Gasteiger partial charge in [-0.05, 0) is 89.9 Å². The van der Waals surface area contributed by atoms with E-state index in [9.17, 15) is 91.1 Å². The molecule has 0 aromatic carbocycles. The van der Waals surface area contributed by atoms with E-state index in [1.54, 1.807) is 75.3 Å². The molecule has 0 fully saturated rings. The Hall–Kier alpha value is -9.27. The van der Waals surface area contributed by atoms with Gasteiger partial charge in [-0.25, -0.2) is 0 Å². The highest BCUT2D eigenvalue weighted by Gasteiger charge is 2.33. The molecule has 0 rings (SSSR count). The maximum absolute atomic E-state index is 12.9. The number of Topliss-reactive ketones (excluding diaryl/α,β-unsaturated/α-hetero) is 5. The topological polar surface area (TPSA) is 538 Å².